The lowest BCUT2D eigenvalue weighted by atomic mass is 10.1. The Morgan fingerprint density at radius 2 is 1.74 bits per heavy atom. The first-order valence-electron chi connectivity index (χ1n) is 12.3. The number of aromatic nitrogens is 1. The largest absolute Gasteiger partial charge is 0.486 e. The summed E-state index contributed by atoms with van der Waals surface area (Å²) in [4.78, 5) is 39.8. The van der Waals surface area contributed by atoms with Crippen molar-refractivity contribution in [2.24, 2.45) is 5.92 Å². The highest BCUT2D eigenvalue weighted by molar-refractivity contribution is 6.01. The van der Waals surface area contributed by atoms with E-state index in [0.717, 1.165) is 12.1 Å². The van der Waals surface area contributed by atoms with Crippen LogP contribution in [0.15, 0.2) is 48.5 Å². The number of fused-ring (bicyclic) bond motifs is 1. The van der Waals surface area contributed by atoms with Crippen LogP contribution in [0.2, 0.25) is 0 Å². The van der Waals surface area contributed by atoms with Crippen molar-refractivity contribution in [2.45, 2.75) is 26.4 Å². The Kier molecular flexibility index (Phi) is 6.83. The lowest BCUT2D eigenvalue weighted by molar-refractivity contribution is -0.147. The number of rotatable bonds is 6. The first-order chi connectivity index (χ1) is 18.5. The molecule has 0 aliphatic carbocycles. The van der Waals surface area contributed by atoms with E-state index >= 15 is 0 Å². The second kappa shape index (κ2) is 10.1. The Morgan fingerprint density at radius 1 is 1.00 bits per heavy atom. The average Bonchev–Trinajstić information content (AvgIpc) is 3.45. The molecule has 8 nitrogen and oxygen atoms in total. The number of hydrogen-bond donors (Lipinski definition) is 0. The Hall–Kier alpha value is -4.28. The van der Waals surface area contributed by atoms with Crippen molar-refractivity contribution in [1.82, 2.24) is 4.57 Å². The van der Waals surface area contributed by atoms with Gasteiger partial charge in [0.05, 0.1) is 11.5 Å². The van der Waals surface area contributed by atoms with Gasteiger partial charge < -0.3 is 23.7 Å². The van der Waals surface area contributed by atoms with E-state index in [1.165, 1.54) is 17.0 Å². The molecule has 1 atom stereocenters. The molecular formula is C28H25F3N2O6. The van der Waals surface area contributed by atoms with E-state index in [-0.39, 0.29) is 30.1 Å². The fraction of sp³-hybridized carbons (Fsp3) is 0.321. The molecule has 0 bridgehead atoms. The highest BCUT2D eigenvalue weighted by atomic mass is 19.4. The summed E-state index contributed by atoms with van der Waals surface area (Å²) in [5, 5.41) is 0. The van der Waals surface area contributed by atoms with Gasteiger partial charge in [-0.2, -0.15) is 13.2 Å². The maximum Gasteiger partial charge on any atom is 0.416 e. The maximum absolute atomic E-state index is 13.2. The molecule has 1 aromatic heterocycles. The van der Waals surface area contributed by atoms with Crippen molar-refractivity contribution < 1.29 is 41.8 Å². The number of Topliss-reactive ketones (excluding diaryl/α,β-unsaturated/α-hetero) is 1. The van der Waals surface area contributed by atoms with Crippen LogP contribution < -0.4 is 14.4 Å². The van der Waals surface area contributed by atoms with E-state index in [4.69, 9.17) is 14.2 Å². The molecule has 5 rings (SSSR count). The van der Waals surface area contributed by atoms with Gasteiger partial charge in [0, 0.05) is 47.4 Å². The predicted molar refractivity (Wildman–Crippen MR) is 133 cm³/mol. The van der Waals surface area contributed by atoms with Crippen LogP contribution in [-0.4, -0.2) is 48.6 Å². The van der Waals surface area contributed by atoms with Crippen molar-refractivity contribution in [3.8, 4) is 17.2 Å². The zero-order chi connectivity index (χ0) is 27.9. The van der Waals surface area contributed by atoms with Crippen LogP contribution in [0.3, 0.4) is 0 Å². The smallest absolute Gasteiger partial charge is 0.416 e. The van der Waals surface area contributed by atoms with E-state index < -0.39 is 36.0 Å². The van der Waals surface area contributed by atoms with Gasteiger partial charge in [-0.25, -0.2) is 0 Å². The molecule has 3 aromatic rings. The number of carbonyl (C=O) groups excluding carboxylic acids is 3. The number of esters is 1. The highest BCUT2D eigenvalue weighted by Crippen LogP contribution is 2.36. The highest BCUT2D eigenvalue weighted by Gasteiger charge is 2.37. The minimum Gasteiger partial charge on any atom is -0.486 e. The molecule has 0 N–H and O–H groups in total. The maximum atomic E-state index is 13.2. The second-order valence-corrected chi connectivity index (χ2v) is 9.43. The zero-order valence-electron chi connectivity index (χ0n) is 21.2. The van der Waals surface area contributed by atoms with Crippen LogP contribution in [0.1, 0.15) is 33.7 Å². The van der Waals surface area contributed by atoms with Gasteiger partial charge in [-0.1, -0.05) is 6.07 Å². The number of ketones is 1. The number of amides is 1. The van der Waals surface area contributed by atoms with Crippen molar-refractivity contribution in [1.29, 1.82) is 0 Å². The lowest BCUT2D eigenvalue weighted by Gasteiger charge is -2.22. The summed E-state index contributed by atoms with van der Waals surface area (Å²) >= 11 is 0. The monoisotopic (exact) mass is 542 g/mol. The Morgan fingerprint density at radius 3 is 2.49 bits per heavy atom. The van der Waals surface area contributed by atoms with E-state index in [1.54, 1.807) is 42.7 Å². The summed E-state index contributed by atoms with van der Waals surface area (Å²) in [6, 6.07) is 11.5. The van der Waals surface area contributed by atoms with Crippen molar-refractivity contribution in [3.63, 3.8) is 0 Å². The molecule has 0 spiro atoms. The van der Waals surface area contributed by atoms with Crippen LogP contribution in [0.4, 0.5) is 18.9 Å². The van der Waals surface area contributed by atoms with Gasteiger partial charge in [0.1, 0.15) is 13.2 Å². The van der Waals surface area contributed by atoms with Gasteiger partial charge in [-0.15, -0.1) is 0 Å². The normalized spacial score (nSPS) is 16.9. The first kappa shape index (κ1) is 26.3. The number of alkyl halides is 3. The fourth-order valence-corrected chi connectivity index (χ4v) is 4.91. The quantitative estimate of drug-likeness (QED) is 0.333. The summed E-state index contributed by atoms with van der Waals surface area (Å²) < 4.78 is 57.4. The molecule has 1 fully saturated rings. The van der Waals surface area contributed by atoms with Crippen molar-refractivity contribution in [3.05, 3.63) is 71.0 Å². The molecule has 39 heavy (non-hydrogen) atoms. The summed E-state index contributed by atoms with van der Waals surface area (Å²) in [5.41, 5.74) is 1.24. The molecule has 11 heteroatoms. The molecule has 1 saturated heterocycles. The number of benzene rings is 2. The predicted octanol–water partition coefficient (Wildman–Crippen LogP) is 4.66. The van der Waals surface area contributed by atoms with Crippen molar-refractivity contribution in [2.75, 3.05) is 31.3 Å². The van der Waals surface area contributed by atoms with Crippen LogP contribution in [-0.2, 0) is 20.5 Å². The number of ether oxygens (including phenoxy) is 3. The number of carbonyl (C=O) groups is 3. The first-order valence-corrected chi connectivity index (χ1v) is 12.3. The number of nitrogens with zero attached hydrogens (tertiary/aromatic N) is 2. The number of hydrogen-bond acceptors (Lipinski definition) is 6. The molecule has 0 unspecified atom stereocenters. The van der Waals surface area contributed by atoms with Gasteiger partial charge in [-0.05, 0) is 50.2 Å². The average molecular weight is 543 g/mol. The number of halogens is 3. The number of aryl methyl sites for hydroxylation is 1. The van der Waals surface area contributed by atoms with Gasteiger partial charge in [0.15, 0.2) is 18.1 Å². The van der Waals surface area contributed by atoms with E-state index in [0.29, 0.717) is 41.8 Å². The summed E-state index contributed by atoms with van der Waals surface area (Å²) in [7, 11) is 0. The summed E-state index contributed by atoms with van der Waals surface area (Å²) in [6.07, 6.45) is -4.57. The summed E-state index contributed by atoms with van der Waals surface area (Å²) in [6.45, 7) is 3.66. The third-order valence-electron chi connectivity index (χ3n) is 6.80. The fourth-order valence-electron chi connectivity index (χ4n) is 4.91. The molecule has 2 aromatic carbocycles. The standard InChI is InChI=1S/C28H25F3N2O6/c1-16-10-22(17(2)33(16)21-5-3-4-19(12-21)28(29,30)31)23(34)15-39-27(36)18-11-26(35)32(14-18)20-6-7-24-25(13-20)38-9-8-37-24/h3-7,10,12-13,18H,8-9,11,14-15H2,1-2H3/t18-/m0/s1. The van der Waals surface area contributed by atoms with Gasteiger partial charge in [0.2, 0.25) is 11.7 Å². The molecule has 3 heterocycles. The topological polar surface area (TPSA) is 87.1 Å². The minimum atomic E-state index is -4.50. The molecule has 2 aliphatic heterocycles. The Bertz CT molecular complexity index is 1460. The van der Waals surface area contributed by atoms with Crippen LogP contribution in [0.25, 0.3) is 5.69 Å². The van der Waals surface area contributed by atoms with Crippen LogP contribution in [0, 0.1) is 19.8 Å². The zero-order valence-corrected chi connectivity index (χ0v) is 21.2. The minimum absolute atomic E-state index is 0.0640. The second-order valence-electron chi connectivity index (χ2n) is 9.43. The van der Waals surface area contributed by atoms with Gasteiger partial charge >= 0.3 is 12.1 Å². The SMILES string of the molecule is Cc1cc(C(=O)COC(=O)[C@H]2CC(=O)N(c3ccc4c(c3)OCCO4)C2)c(C)n1-c1cccc(C(F)(F)F)c1. The third kappa shape index (κ3) is 5.21. The van der Waals surface area contributed by atoms with Crippen LogP contribution >= 0.6 is 0 Å². The lowest BCUT2D eigenvalue weighted by Crippen LogP contribution is -2.27. The molecule has 2 aliphatic rings. The van der Waals surface area contributed by atoms with E-state index in [9.17, 15) is 27.6 Å². The van der Waals surface area contributed by atoms with Crippen LogP contribution in [0.5, 0.6) is 11.5 Å². The number of anilines is 1. The molecule has 0 radical (unpaired) electrons. The van der Waals surface area contributed by atoms with E-state index in [2.05, 4.69) is 0 Å². The molecular weight excluding hydrogens is 517 g/mol. The van der Waals surface area contributed by atoms with Crippen molar-refractivity contribution >= 4 is 23.3 Å². The summed E-state index contributed by atoms with van der Waals surface area (Å²) in [5.74, 6) is -1.09. The van der Waals surface area contributed by atoms with Gasteiger partial charge in [0.25, 0.3) is 0 Å². The van der Waals surface area contributed by atoms with E-state index in [1.807, 2.05) is 0 Å². The molecule has 0 saturated carbocycles. The van der Waals surface area contributed by atoms with Gasteiger partial charge in [-0.3, -0.25) is 14.4 Å². The Labute approximate surface area is 221 Å². The molecule has 204 valence electrons. The molecule has 1 amide bonds. The third-order valence-corrected chi connectivity index (χ3v) is 6.80. The Balaban J connectivity index is 1.24.